The number of rotatable bonds is 3. The van der Waals surface area contributed by atoms with Gasteiger partial charge in [0.2, 0.25) is 0 Å². The first-order valence-corrected chi connectivity index (χ1v) is 12.8. The Morgan fingerprint density at radius 3 is 1.76 bits per heavy atom. The lowest BCUT2D eigenvalue weighted by molar-refractivity contribution is 0.00115. The van der Waals surface area contributed by atoms with Crippen molar-refractivity contribution in [2.75, 3.05) is 0 Å². The maximum Gasteiger partial charge on any atom is 0.157 e. The molecule has 6 rings (SSSR count). The zero-order valence-electron chi connectivity index (χ0n) is 21.6. The third kappa shape index (κ3) is 4.24. The molecule has 0 aromatic heterocycles. The average Bonchev–Trinajstić information content (AvgIpc) is 2.93. The second-order valence-corrected chi connectivity index (χ2v) is 10.3. The van der Waals surface area contributed by atoms with Crippen LogP contribution in [-0.4, -0.2) is 63.3 Å². The molecule has 0 spiro atoms. The van der Waals surface area contributed by atoms with Gasteiger partial charge in [0.1, 0.15) is 46.7 Å². The molecule has 0 radical (unpaired) electrons. The first-order chi connectivity index (χ1) is 19.9. The monoisotopic (exact) mass is 578 g/mol. The van der Waals surface area contributed by atoms with Crippen LogP contribution in [0.4, 0.5) is 0 Å². The summed E-state index contributed by atoms with van der Waals surface area (Å²) >= 11 is 0. The molecule has 10 N–H and O–H groups in total. The first-order valence-electron chi connectivity index (χ1n) is 12.8. The Balaban J connectivity index is 1.55. The van der Waals surface area contributed by atoms with Crippen molar-refractivity contribution >= 4 is 0 Å². The molecule has 2 unspecified atom stereocenters. The molecule has 2 heterocycles. The van der Waals surface area contributed by atoms with E-state index in [-0.39, 0.29) is 51.5 Å². The number of hydrogen-bond acceptors (Lipinski definition) is 12. The molecule has 0 saturated carbocycles. The number of phenols is 8. The van der Waals surface area contributed by atoms with Crippen LogP contribution >= 0.6 is 0 Å². The minimum absolute atomic E-state index is 0.0312. The van der Waals surface area contributed by atoms with Crippen LogP contribution < -0.4 is 9.47 Å². The lowest BCUT2D eigenvalue weighted by Gasteiger charge is -2.40. The minimum atomic E-state index is -1.59. The molecule has 0 amide bonds. The van der Waals surface area contributed by atoms with Gasteiger partial charge in [-0.15, -0.1) is 0 Å². The van der Waals surface area contributed by atoms with Crippen LogP contribution in [0.3, 0.4) is 0 Å². The topological polar surface area (TPSA) is 221 Å². The predicted octanol–water partition coefficient (Wildman–Crippen LogP) is 3.00. The third-order valence-electron chi connectivity index (χ3n) is 7.67. The molecule has 42 heavy (non-hydrogen) atoms. The molecule has 2 aliphatic rings. The molecule has 0 fully saturated rings. The highest BCUT2D eigenvalue weighted by Gasteiger charge is 2.46. The van der Waals surface area contributed by atoms with Gasteiger partial charge in [-0.05, 0) is 35.4 Å². The Morgan fingerprint density at radius 2 is 1.14 bits per heavy atom. The van der Waals surface area contributed by atoms with E-state index in [1.54, 1.807) is 0 Å². The van der Waals surface area contributed by atoms with Gasteiger partial charge in [0.15, 0.2) is 29.1 Å². The Labute approximate surface area is 237 Å². The number of ether oxygens (including phenoxy) is 2. The highest BCUT2D eigenvalue weighted by Crippen LogP contribution is 2.57. The van der Waals surface area contributed by atoms with E-state index < -0.39 is 70.6 Å². The van der Waals surface area contributed by atoms with Crippen molar-refractivity contribution in [2.45, 2.75) is 36.8 Å². The van der Waals surface area contributed by atoms with Gasteiger partial charge < -0.3 is 60.5 Å². The van der Waals surface area contributed by atoms with E-state index in [2.05, 4.69) is 0 Å². The molecule has 4 aromatic rings. The van der Waals surface area contributed by atoms with Crippen LogP contribution in [0, 0.1) is 0 Å². The summed E-state index contributed by atoms with van der Waals surface area (Å²) < 4.78 is 12.1. The number of aliphatic hydroxyl groups excluding tert-OH is 2. The lowest BCUT2D eigenvalue weighted by Crippen LogP contribution is -2.36. The number of fused-ring (bicyclic) bond motifs is 2. The van der Waals surface area contributed by atoms with Crippen LogP contribution in [0.25, 0.3) is 0 Å². The SMILES string of the molecule is Oc1cc(O)c2c(c1)OC(c1ccc(O)c(O)c1)[C@@H](O)[C@H]2c1c(O)cc(O)c2c1OC(c1ccc(O)c(O)c1)[C@@H](O)C2. The molecular weight excluding hydrogens is 552 g/mol. The molecule has 2 aliphatic heterocycles. The van der Waals surface area contributed by atoms with Gasteiger partial charge in [0.05, 0.1) is 12.0 Å². The summed E-state index contributed by atoms with van der Waals surface area (Å²) in [5.41, 5.74) is 0.435. The van der Waals surface area contributed by atoms with Gasteiger partial charge >= 0.3 is 0 Å². The summed E-state index contributed by atoms with van der Waals surface area (Å²) in [6.45, 7) is 0. The van der Waals surface area contributed by atoms with Crippen molar-refractivity contribution in [3.8, 4) is 57.5 Å². The third-order valence-corrected chi connectivity index (χ3v) is 7.67. The standard InChI is InChI=1S/C30H26O12/c31-13-7-20(37)24-23(8-13)41-29(12-2-4-16(33)19(36)6-12)27(40)26(24)25-21(38)10-17(34)14-9-22(39)28(42-30(14)25)11-1-3-15(32)18(35)5-11/h1-8,10,22,26-29,31-40H,9H2/t22-,26+,27-,28?,29?/m0/s1. The Kier molecular flexibility index (Phi) is 6.24. The van der Waals surface area contributed by atoms with Crippen molar-refractivity contribution in [1.82, 2.24) is 0 Å². The van der Waals surface area contributed by atoms with Crippen LogP contribution in [0.2, 0.25) is 0 Å². The fourth-order valence-corrected chi connectivity index (χ4v) is 5.71. The summed E-state index contributed by atoms with van der Waals surface area (Å²) in [6, 6.07) is 10.8. The van der Waals surface area contributed by atoms with Crippen molar-refractivity contribution < 1.29 is 60.5 Å². The molecule has 0 bridgehead atoms. The second-order valence-electron chi connectivity index (χ2n) is 10.3. The van der Waals surface area contributed by atoms with Gasteiger partial charge in [-0.3, -0.25) is 0 Å². The smallest absolute Gasteiger partial charge is 0.157 e. The van der Waals surface area contributed by atoms with E-state index in [9.17, 15) is 51.1 Å². The maximum atomic E-state index is 11.8. The molecule has 4 aromatic carbocycles. The maximum absolute atomic E-state index is 11.8. The number of hydrogen-bond donors (Lipinski definition) is 10. The van der Waals surface area contributed by atoms with Gasteiger partial charge in [-0.1, -0.05) is 12.1 Å². The summed E-state index contributed by atoms with van der Waals surface area (Å²) in [5.74, 6) is -5.08. The molecule has 12 heteroatoms. The average molecular weight is 579 g/mol. The molecule has 0 aliphatic carbocycles. The molecule has 0 saturated heterocycles. The summed E-state index contributed by atoms with van der Waals surface area (Å²) in [5, 5.41) is 105. The van der Waals surface area contributed by atoms with Gasteiger partial charge in [0, 0.05) is 41.3 Å². The predicted molar refractivity (Wildman–Crippen MR) is 143 cm³/mol. The van der Waals surface area contributed by atoms with Crippen molar-refractivity contribution in [1.29, 1.82) is 0 Å². The van der Waals surface area contributed by atoms with Crippen molar-refractivity contribution in [2.24, 2.45) is 0 Å². The van der Waals surface area contributed by atoms with E-state index in [1.807, 2.05) is 0 Å². The number of aromatic hydroxyl groups is 8. The van der Waals surface area contributed by atoms with Crippen molar-refractivity contribution in [3.63, 3.8) is 0 Å². The van der Waals surface area contributed by atoms with E-state index in [0.29, 0.717) is 0 Å². The van der Waals surface area contributed by atoms with Crippen LogP contribution in [0.1, 0.15) is 45.9 Å². The molecular formula is C30H26O12. The van der Waals surface area contributed by atoms with Crippen molar-refractivity contribution in [3.05, 3.63) is 82.4 Å². The first kappa shape index (κ1) is 27.0. The fraction of sp³-hybridized carbons (Fsp3) is 0.200. The minimum Gasteiger partial charge on any atom is -0.508 e. The summed E-state index contributed by atoms with van der Waals surface area (Å²) in [7, 11) is 0. The Morgan fingerprint density at radius 1 is 0.548 bits per heavy atom. The fourth-order valence-electron chi connectivity index (χ4n) is 5.71. The Bertz CT molecular complexity index is 1720. The van der Waals surface area contributed by atoms with E-state index in [1.165, 1.54) is 42.5 Å². The second kappa shape index (κ2) is 9.72. The summed E-state index contributed by atoms with van der Waals surface area (Å²) in [4.78, 5) is 0. The molecule has 218 valence electrons. The van der Waals surface area contributed by atoms with Gasteiger partial charge in [-0.25, -0.2) is 0 Å². The van der Waals surface area contributed by atoms with E-state index in [0.717, 1.165) is 12.1 Å². The van der Waals surface area contributed by atoms with Gasteiger partial charge in [0.25, 0.3) is 0 Å². The number of benzene rings is 4. The lowest BCUT2D eigenvalue weighted by atomic mass is 9.77. The largest absolute Gasteiger partial charge is 0.508 e. The highest BCUT2D eigenvalue weighted by molar-refractivity contribution is 5.65. The van der Waals surface area contributed by atoms with Crippen LogP contribution in [0.15, 0.2) is 54.6 Å². The van der Waals surface area contributed by atoms with Crippen LogP contribution in [0.5, 0.6) is 57.5 Å². The van der Waals surface area contributed by atoms with Gasteiger partial charge in [-0.2, -0.15) is 0 Å². The quantitative estimate of drug-likeness (QED) is 0.159. The zero-order chi connectivity index (χ0) is 30.0. The highest BCUT2D eigenvalue weighted by atomic mass is 16.5. The summed E-state index contributed by atoms with van der Waals surface area (Å²) in [6.07, 6.45) is -5.43. The van der Waals surface area contributed by atoms with E-state index >= 15 is 0 Å². The zero-order valence-corrected chi connectivity index (χ0v) is 21.6. The normalized spacial score (nSPS) is 22.9. The number of phenolic OH excluding ortho intramolecular Hbond substituents is 8. The molecule has 5 atom stereocenters. The van der Waals surface area contributed by atoms with Crippen LogP contribution in [-0.2, 0) is 6.42 Å². The van der Waals surface area contributed by atoms with E-state index in [4.69, 9.17) is 9.47 Å². The number of aliphatic hydroxyl groups is 2. The molecule has 12 nitrogen and oxygen atoms in total. The Hall–Kier alpha value is -5.20.